The van der Waals surface area contributed by atoms with Gasteiger partial charge in [0.15, 0.2) is 0 Å². The van der Waals surface area contributed by atoms with Gasteiger partial charge in [0.05, 0.1) is 17.1 Å². The summed E-state index contributed by atoms with van der Waals surface area (Å²) in [6.45, 7) is 13.8. The Morgan fingerprint density at radius 3 is 1.20 bits per heavy atom. The zero-order valence-electron chi connectivity index (χ0n) is 28.9. The van der Waals surface area contributed by atoms with E-state index in [0.717, 1.165) is 0 Å². The molecule has 2 aliphatic rings. The summed E-state index contributed by atoms with van der Waals surface area (Å²) in [7, 11) is 0. The van der Waals surface area contributed by atoms with Crippen LogP contribution in [-0.2, 0) is 34.4 Å². The Labute approximate surface area is 302 Å². The van der Waals surface area contributed by atoms with Crippen LogP contribution >= 0.6 is 12.1 Å². The first-order valence-corrected chi connectivity index (χ1v) is 22.6. The molecule has 0 radical (unpaired) electrons. The number of nitrogens with zero attached hydrogens (tertiary/aromatic N) is 1. The second-order valence-electron chi connectivity index (χ2n) is 15.4. The Morgan fingerprint density at radius 1 is 0.429 bits per heavy atom. The van der Waals surface area contributed by atoms with Crippen molar-refractivity contribution in [2.75, 3.05) is 4.90 Å². The molecule has 1 nitrogen and oxygen atoms in total. The molecule has 0 fully saturated rings. The first kappa shape index (κ1) is 32.6. The zero-order chi connectivity index (χ0) is 34.3. The van der Waals surface area contributed by atoms with E-state index in [1.54, 1.807) is 0 Å². The fourth-order valence-electron chi connectivity index (χ4n) is 7.44. The summed E-state index contributed by atoms with van der Waals surface area (Å²) in [6.07, 6.45) is 0. The highest BCUT2D eigenvalue weighted by molar-refractivity contribution is 8.27. The van der Waals surface area contributed by atoms with Crippen LogP contribution in [0.15, 0.2) is 140 Å². The Kier molecular flexibility index (Phi) is 7.64. The van der Waals surface area contributed by atoms with Gasteiger partial charge in [-0.15, -0.1) is 0 Å². The molecule has 0 saturated carbocycles. The first-order valence-electron chi connectivity index (χ1n) is 17.0. The largest absolute Gasteiger partial charge is 0.308 e. The van der Waals surface area contributed by atoms with Gasteiger partial charge >= 0.3 is 0 Å². The molecule has 2 heterocycles. The van der Waals surface area contributed by atoms with Gasteiger partial charge in [-0.1, -0.05) is 168 Å². The van der Waals surface area contributed by atoms with Crippen LogP contribution < -0.4 is 36.7 Å². The van der Waals surface area contributed by atoms with Gasteiger partial charge in [0.2, 0.25) is 0 Å². The summed E-state index contributed by atoms with van der Waals surface area (Å²) < 4.78 is 0. The highest BCUT2D eigenvalue weighted by Crippen LogP contribution is 2.61. The Hall–Kier alpha value is -3.58. The summed E-state index contributed by atoms with van der Waals surface area (Å²) in [6, 6.07) is 46.5. The van der Waals surface area contributed by atoms with Crippen LogP contribution in [0, 0.1) is 0 Å². The molecule has 0 N–H and O–H groups in total. The number of fused-ring (bicyclic) bond motifs is 4. The van der Waals surface area contributed by atoms with E-state index in [0.29, 0.717) is 0 Å². The van der Waals surface area contributed by atoms with E-state index in [-0.39, 0.29) is 10.8 Å². The van der Waals surface area contributed by atoms with Crippen LogP contribution in [0.25, 0.3) is 11.1 Å². The Morgan fingerprint density at radius 2 is 0.816 bits per heavy atom. The van der Waals surface area contributed by atoms with Crippen molar-refractivity contribution in [3.63, 3.8) is 0 Å². The predicted molar refractivity (Wildman–Crippen MR) is 223 cm³/mol. The lowest BCUT2D eigenvalue weighted by Crippen LogP contribution is -2.46. The standard InChI is InChI=1S/C44H41NP2S2/c1-43(2,3)32-22-24-36-38(28-32)46(48,34-18-12-8-13-19-34)40-26-31(30-16-10-7-11-17-30)27-41-42(40)45(36)37-25-23-33(44(4,5)6)29-39(37)47(41,49)35-20-14-9-15-21-35/h7-29H,1-6H3. The third-order valence-corrected chi connectivity index (χ3v) is 19.9. The molecule has 49 heavy (non-hydrogen) atoms. The second-order valence-corrected chi connectivity index (χ2v) is 24.0. The second kappa shape index (κ2) is 11.5. The van der Waals surface area contributed by atoms with E-state index in [2.05, 4.69) is 186 Å². The van der Waals surface area contributed by atoms with Crippen molar-refractivity contribution in [2.45, 2.75) is 52.4 Å². The lowest BCUT2D eigenvalue weighted by atomic mass is 9.86. The van der Waals surface area contributed by atoms with E-state index in [1.165, 1.54) is 71.1 Å². The van der Waals surface area contributed by atoms with Gasteiger partial charge < -0.3 is 4.90 Å². The summed E-state index contributed by atoms with van der Waals surface area (Å²) in [5, 5.41) is 7.41. The van der Waals surface area contributed by atoms with Crippen molar-refractivity contribution in [1.82, 2.24) is 0 Å². The molecule has 0 saturated heterocycles. The monoisotopic (exact) mass is 709 g/mol. The topological polar surface area (TPSA) is 3.24 Å². The van der Waals surface area contributed by atoms with Gasteiger partial charge in [-0.05, 0) is 80.1 Å². The average Bonchev–Trinajstić information content (AvgIpc) is 3.11. The van der Waals surface area contributed by atoms with Crippen molar-refractivity contribution in [2.24, 2.45) is 0 Å². The van der Waals surface area contributed by atoms with E-state index >= 15 is 0 Å². The quantitative estimate of drug-likeness (QED) is 0.168. The SMILES string of the molecule is CC(C)(C)c1ccc2c(c1)P(=S)(c1ccccc1)c1cc(-c3ccccc3)cc3c1N2c1ccc(C(C)(C)C)cc1P3(=S)c1ccccc1. The van der Waals surface area contributed by atoms with Crippen molar-refractivity contribution in [1.29, 1.82) is 0 Å². The van der Waals surface area contributed by atoms with Gasteiger partial charge in [0.25, 0.3) is 0 Å². The van der Waals surface area contributed by atoms with Crippen LogP contribution in [0.3, 0.4) is 0 Å². The Bertz CT molecular complexity index is 2210. The molecule has 8 rings (SSSR count). The molecule has 0 amide bonds. The lowest BCUT2D eigenvalue weighted by molar-refractivity contribution is 0.590. The van der Waals surface area contributed by atoms with Crippen molar-refractivity contribution in [3.8, 4) is 11.1 Å². The van der Waals surface area contributed by atoms with Crippen LogP contribution in [0.2, 0.25) is 0 Å². The molecule has 2 atom stereocenters. The maximum atomic E-state index is 7.23. The van der Waals surface area contributed by atoms with Gasteiger partial charge in [-0.2, -0.15) is 0 Å². The van der Waals surface area contributed by atoms with Gasteiger partial charge in [0, 0.05) is 33.3 Å². The smallest absolute Gasteiger partial charge is 0.0644 e. The molecule has 0 aromatic heterocycles. The maximum absolute atomic E-state index is 7.23. The summed E-state index contributed by atoms with van der Waals surface area (Å²) in [5.41, 5.74) is 8.46. The van der Waals surface area contributed by atoms with Gasteiger partial charge in [0.1, 0.15) is 0 Å². The molecular weight excluding hydrogens is 669 g/mol. The number of hydrogen-bond acceptors (Lipinski definition) is 3. The fraction of sp³-hybridized carbons (Fsp3) is 0.182. The predicted octanol–water partition coefficient (Wildman–Crippen LogP) is 9.56. The molecular formula is C44H41NP2S2. The molecule has 5 heteroatoms. The maximum Gasteiger partial charge on any atom is 0.0644 e. The summed E-state index contributed by atoms with van der Waals surface area (Å²) in [4.78, 5) is 2.53. The van der Waals surface area contributed by atoms with Gasteiger partial charge in [-0.3, -0.25) is 0 Å². The summed E-state index contributed by atoms with van der Waals surface area (Å²) in [5.74, 6) is 0. The third kappa shape index (κ3) is 5.00. The molecule has 244 valence electrons. The molecule has 2 aliphatic heterocycles. The van der Waals surface area contributed by atoms with Crippen LogP contribution in [0.5, 0.6) is 0 Å². The van der Waals surface area contributed by atoms with Crippen LogP contribution in [0.1, 0.15) is 52.7 Å². The van der Waals surface area contributed by atoms with Gasteiger partial charge in [-0.25, -0.2) is 0 Å². The number of hydrogen-bond donors (Lipinski definition) is 0. The van der Waals surface area contributed by atoms with E-state index < -0.39 is 12.1 Å². The number of benzene rings is 6. The first-order chi connectivity index (χ1) is 23.3. The molecule has 6 aromatic carbocycles. The van der Waals surface area contributed by atoms with Crippen molar-refractivity contribution < 1.29 is 0 Å². The molecule has 0 spiro atoms. The van der Waals surface area contributed by atoms with Crippen LogP contribution in [0.4, 0.5) is 17.1 Å². The molecule has 0 aliphatic carbocycles. The third-order valence-electron chi connectivity index (χ3n) is 10.2. The average molecular weight is 710 g/mol. The van der Waals surface area contributed by atoms with Crippen molar-refractivity contribution >= 4 is 84.6 Å². The van der Waals surface area contributed by atoms with E-state index in [9.17, 15) is 0 Å². The van der Waals surface area contributed by atoms with E-state index in [4.69, 9.17) is 23.6 Å². The zero-order valence-corrected chi connectivity index (χ0v) is 32.4. The fourth-order valence-corrected chi connectivity index (χ4v) is 16.1. The molecule has 0 bridgehead atoms. The highest BCUT2D eigenvalue weighted by Gasteiger charge is 2.47. The van der Waals surface area contributed by atoms with E-state index in [1.807, 2.05) is 0 Å². The van der Waals surface area contributed by atoms with Crippen molar-refractivity contribution in [3.05, 3.63) is 151 Å². The minimum atomic E-state index is -2.57. The molecule has 6 aromatic rings. The lowest BCUT2D eigenvalue weighted by Gasteiger charge is -2.47. The minimum absolute atomic E-state index is 0.0285. The summed E-state index contributed by atoms with van der Waals surface area (Å²) >= 11 is 14.5. The number of anilines is 3. The Balaban J connectivity index is 1.59. The molecule has 2 unspecified atom stereocenters. The minimum Gasteiger partial charge on any atom is -0.308 e. The number of rotatable bonds is 3. The normalized spacial score (nSPS) is 19.5. The highest BCUT2D eigenvalue weighted by atomic mass is 32.4. The van der Waals surface area contributed by atoms with Crippen LogP contribution in [-0.4, -0.2) is 0 Å².